The summed E-state index contributed by atoms with van der Waals surface area (Å²) in [4.78, 5) is 42.0. The summed E-state index contributed by atoms with van der Waals surface area (Å²) in [6.45, 7) is 17.1. The lowest BCUT2D eigenvalue weighted by molar-refractivity contribution is -0.142. The van der Waals surface area contributed by atoms with Crippen LogP contribution in [0.25, 0.3) is 6.08 Å². The fourth-order valence-corrected chi connectivity index (χ4v) is 4.66. The van der Waals surface area contributed by atoms with Gasteiger partial charge in [0.1, 0.15) is 17.7 Å². The predicted octanol–water partition coefficient (Wildman–Crippen LogP) is 5.77. The topological polar surface area (TPSA) is 87.7 Å². The third-order valence-electron chi connectivity index (χ3n) is 6.28. The minimum atomic E-state index is -0.887. The molecule has 2 atom stereocenters. The van der Waals surface area contributed by atoms with Crippen LogP contribution in [0.1, 0.15) is 90.3 Å². The molecule has 0 aromatic heterocycles. The molecule has 0 bridgehead atoms. The van der Waals surface area contributed by atoms with Crippen LogP contribution in [-0.4, -0.2) is 47.0 Å². The molecule has 2 N–H and O–H groups in total. The number of hydrogen-bond donors (Lipinski definition) is 2. The number of ether oxygens (including phenoxy) is 1. The Morgan fingerprint density at radius 3 is 2.38 bits per heavy atom. The molecular formula is C30H45N3O4. The van der Waals surface area contributed by atoms with Crippen LogP contribution in [-0.2, 0) is 14.3 Å². The van der Waals surface area contributed by atoms with E-state index in [9.17, 15) is 14.4 Å². The van der Waals surface area contributed by atoms with E-state index in [-0.39, 0.29) is 30.3 Å². The number of rotatable bonds is 11. The van der Waals surface area contributed by atoms with Crippen LogP contribution >= 0.6 is 0 Å². The van der Waals surface area contributed by atoms with E-state index in [4.69, 9.17) is 4.74 Å². The monoisotopic (exact) mass is 511 g/mol. The minimum absolute atomic E-state index is 0.0818. The lowest BCUT2D eigenvalue weighted by Crippen LogP contribution is -2.54. The average Bonchev–Trinajstić information content (AvgIpc) is 2.82. The Morgan fingerprint density at radius 2 is 1.81 bits per heavy atom. The fourth-order valence-electron chi connectivity index (χ4n) is 4.66. The van der Waals surface area contributed by atoms with Gasteiger partial charge >= 0.3 is 6.09 Å². The van der Waals surface area contributed by atoms with Crippen LogP contribution in [0, 0.1) is 5.92 Å². The number of hydrogen-bond acceptors (Lipinski definition) is 4. The fraction of sp³-hybridized carbons (Fsp3) is 0.567. The third-order valence-corrected chi connectivity index (χ3v) is 6.28. The Hall–Kier alpha value is -3.09. The van der Waals surface area contributed by atoms with Crippen molar-refractivity contribution in [3.05, 3.63) is 54.6 Å². The molecule has 0 spiro atoms. The molecule has 0 saturated heterocycles. The van der Waals surface area contributed by atoms with Gasteiger partial charge in [-0.05, 0) is 63.1 Å². The Labute approximate surface area is 222 Å². The van der Waals surface area contributed by atoms with E-state index in [1.807, 2.05) is 38.1 Å². The molecule has 1 aliphatic rings. The molecule has 37 heavy (non-hydrogen) atoms. The van der Waals surface area contributed by atoms with Crippen molar-refractivity contribution >= 4 is 24.0 Å². The number of amides is 3. The summed E-state index contributed by atoms with van der Waals surface area (Å²) in [5, 5.41) is 5.95. The Morgan fingerprint density at radius 1 is 1.14 bits per heavy atom. The molecule has 0 heterocycles. The molecule has 7 heteroatoms. The van der Waals surface area contributed by atoms with Crippen molar-refractivity contribution in [1.82, 2.24) is 15.5 Å². The number of nitrogens with one attached hydrogen (secondary N) is 2. The van der Waals surface area contributed by atoms with Crippen molar-refractivity contribution in [2.24, 2.45) is 5.92 Å². The average molecular weight is 512 g/mol. The van der Waals surface area contributed by atoms with Crippen LogP contribution in [0.2, 0.25) is 0 Å². The lowest BCUT2D eigenvalue weighted by atomic mass is 9.94. The van der Waals surface area contributed by atoms with Gasteiger partial charge < -0.3 is 20.3 Å². The van der Waals surface area contributed by atoms with Crippen molar-refractivity contribution in [2.75, 3.05) is 6.54 Å². The molecule has 1 aromatic carbocycles. The molecule has 2 rings (SSSR count). The molecule has 0 aliphatic heterocycles. The standard InChI is InChI=1S/C30H45N3O4/c1-8-18-33(28(35)25(19-21(3)4)32-29(36)37-30(5,6)7)26(23-15-13-14-22(9-2)20-23)27(34)31-24-16-11-10-12-17-24/h8-9,13-15,20-21,24-26H,1-2,10-12,16-19H2,3-7H3,(H,31,34)(H,32,36). The van der Waals surface area contributed by atoms with Gasteiger partial charge in [0.25, 0.3) is 0 Å². The van der Waals surface area contributed by atoms with Crippen molar-refractivity contribution in [1.29, 1.82) is 0 Å². The van der Waals surface area contributed by atoms with E-state index in [1.165, 1.54) is 11.3 Å². The van der Waals surface area contributed by atoms with Crippen LogP contribution in [0.15, 0.2) is 43.5 Å². The molecule has 2 unspecified atom stereocenters. The highest BCUT2D eigenvalue weighted by Crippen LogP contribution is 2.26. The highest BCUT2D eigenvalue weighted by atomic mass is 16.6. The molecule has 204 valence electrons. The van der Waals surface area contributed by atoms with Crippen molar-refractivity contribution in [3.63, 3.8) is 0 Å². The Balaban J connectivity index is 2.46. The molecule has 1 fully saturated rings. The molecule has 0 radical (unpaired) electrons. The van der Waals surface area contributed by atoms with Gasteiger partial charge in [0.2, 0.25) is 11.8 Å². The van der Waals surface area contributed by atoms with E-state index in [0.29, 0.717) is 12.0 Å². The molecule has 7 nitrogen and oxygen atoms in total. The van der Waals surface area contributed by atoms with E-state index in [2.05, 4.69) is 23.8 Å². The molecule has 1 aliphatic carbocycles. The summed E-state index contributed by atoms with van der Waals surface area (Å²) in [6, 6.07) is 5.82. The van der Waals surface area contributed by atoms with Gasteiger partial charge in [0.15, 0.2) is 0 Å². The molecule has 1 saturated carbocycles. The van der Waals surface area contributed by atoms with Gasteiger partial charge in [-0.1, -0.05) is 70.0 Å². The minimum Gasteiger partial charge on any atom is -0.444 e. The number of nitrogens with zero attached hydrogens (tertiary/aromatic N) is 1. The van der Waals surface area contributed by atoms with Crippen LogP contribution in [0.5, 0.6) is 0 Å². The first-order valence-electron chi connectivity index (χ1n) is 13.4. The van der Waals surface area contributed by atoms with Gasteiger partial charge in [0, 0.05) is 12.6 Å². The maximum atomic E-state index is 14.0. The highest BCUT2D eigenvalue weighted by Gasteiger charge is 2.36. The zero-order chi connectivity index (χ0) is 27.6. The van der Waals surface area contributed by atoms with Crippen molar-refractivity contribution in [2.45, 2.75) is 96.9 Å². The van der Waals surface area contributed by atoms with Crippen LogP contribution < -0.4 is 10.6 Å². The summed E-state index contributed by atoms with van der Waals surface area (Å²) in [7, 11) is 0. The third kappa shape index (κ3) is 9.71. The number of carbonyl (C=O) groups is 3. The van der Waals surface area contributed by atoms with Crippen LogP contribution in [0.4, 0.5) is 4.79 Å². The number of carbonyl (C=O) groups excluding carboxylic acids is 3. The zero-order valence-electron chi connectivity index (χ0n) is 23.2. The second-order valence-electron chi connectivity index (χ2n) is 11.2. The molecule has 1 aromatic rings. The van der Waals surface area contributed by atoms with E-state index in [1.54, 1.807) is 32.9 Å². The van der Waals surface area contributed by atoms with Gasteiger partial charge in [-0.3, -0.25) is 9.59 Å². The summed E-state index contributed by atoms with van der Waals surface area (Å²) in [5.41, 5.74) is 0.829. The first kappa shape index (κ1) is 30.1. The maximum absolute atomic E-state index is 14.0. The lowest BCUT2D eigenvalue weighted by Gasteiger charge is -2.35. The van der Waals surface area contributed by atoms with Crippen molar-refractivity contribution in [3.8, 4) is 0 Å². The summed E-state index contributed by atoms with van der Waals surface area (Å²) < 4.78 is 5.43. The maximum Gasteiger partial charge on any atom is 0.408 e. The predicted molar refractivity (Wildman–Crippen MR) is 149 cm³/mol. The molecular weight excluding hydrogens is 466 g/mol. The van der Waals surface area contributed by atoms with Gasteiger partial charge in [-0.2, -0.15) is 0 Å². The molecule has 3 amide bonds. The second kappa shape index (κ2) is 14.0. The summed E-state index contributed by atoms with van der Waals surface area (Å²) >= 11 is 0. The number of alkyl carbamates (subject to hydrolysis) is 1. The summed E-state index contributed by atoms with van der Waals surface area (Å²) in [6.07, 6.45) is 8.23. The van der Waals surface area contributed by atoms with Crippen LogP contribution in [0.3, 0.4) is 0 Å². The van der Waals surface area contributed by atoms with Gasteiger partial charge in [-0.25, -0.2) is 4.79 Å². The van der Waals surface area contributed by atoms with Gasteiger partial charge in [0.05, 0.1) is 0 Å². The Kier molecular flexibility index (Phi) is 11.4. The zero-order valence-corrected chi connectivity index (χ0v) is 23.2. The largest absolute Gasteiger partial charge is 0.444 e. The normalized spacial score (nSPS) is 15.8. The van der Waals surface area contributed by atoms with Crippen molar-refractivity contribution < 1.29 is 19.1 Å². The second-order valence-corrected chi connectivity index (χ2v) is 11.2. The van der Waals surface area contributed by atoms with E-state index in [0.717, 1.165) is 31.2 Å². The SMILES string of the molecule is C=CCN(C(=O)C(CC(C)C)NC(=O)OC(C)(C)C)C(C(=O)NC1CCCCC1)c1cccc(C=C)c1. The van der Waals surface area contributed by atoms with E-state index >= 15 is 0 Å². The quantitative estimate of drug-likeness (QED) is 0.369. The highest BCUT2D eigenvalue weighted by molar-refractivity contribution is 5.92. The van der Waals surface area contributed by atoms with E-state index < -0.39 is 23.8 Å². The first-order valence-corrected chi connectivity index (χ1v) is 13.4. The van der Waals surface area contributed by atoms with Gasteiger partial charge in [-0.15, -0.1) is 6.58 Å². The number of benzene rings is 1. The Bertz CT molecular complexity index is 944. The summed E-state index contributed by atoms with van der Waals surface area (Å²) in [5.74, 6) is -0.468. The smallest absolute Gasteiger partial charge is 0.408 e. The first-order chi connectivity index (χ1) is 17.4.